The van der Waals surface area contributed by atoms with Crippen LogP contribution in [0, 0.1) is 0 Å². The molecule has 6 heteroatoms. The molecule has 17 heavy (non-hydrogen) atoms. The number of hydrogen-bond acceptors (Lipinski definition) is 5. The van der Waals surface area contributed by atoms with Crippen LogP contribution in [0.2, 0.25) is 0 Å². The molecule has 1 unspecified atom stereocenters. The molecule has 0 radical (unpaired) electrons. The number of thioether (sulfide) groups is 1. The Kier molecular flexibility index (Phi) is 5.64. The second-order valence-electron chi connectivity index (χ2n) is 3.87. The highest BCUT2D eigenvalue weighted by Crippen LogP contribution is 2.13. The molecule has 4 nitrogen and oxygen atoms in total. The molecule has 94 valence electrons. The highest BCUT2D eigenvalue weighted by atomic mass is 32.2. The predicted octanol–water partition coefficient (Wildman–Crippen LogP) is 1.69. The van der Waals surface area contributed by atoms with Crippen molar-refractivity contribution in [1.29, 1.82) is 0 Å². The summed E-state index contributed by atoms with van der Waals surface area (Å²) in [5, 5.41) is 0. The zero-order valence-corrected chi connectivity index (χ0v) is 12.0. The quantitative estimate of drug-likeness (QED) is 0.794. The van der Waals surface area contributed by atoms with Crippen LogP contribution in [0.3, 0.4) is 0 Å². The van der Waals surface area contributed by atoms with Gasteiger partial charge in [-0.1, -0.05) is 12.2 Å². The summed E-state index contributed by atoms with van der Waals surface area (Å²) in [7, 11) is 2.02. The number of nitrogens with zero attached hydrogens (tertiary/aromatic N) is 3. The molecule has 1 aromatic heterocycles. The van der Waals surface area contributed by atoms with Gasteiger partial charge in [0.1, 0.15) is 16.5 Å². The van der Waals surface area contributed by atoms with Gasteiger partial charge < -0.3 is 10.6 Å². The second kappa shape index (κ2) is 6.76. The predicted molar refractivity (Wildman–Crippen MR) is 78.8 cm³/mol. The summed E-state index contributed by atoms with van der Waals surface area (Å²) in [5.41, 5.74) is 6.04. The fourth-order valence-corrected chi connectivity index (χ4v) is 2.02. The van der Waals surface area contributed by atoms with Gasteiger partial charge in [-0.3, -0.25) is 0 Å². The van der Waals surface area contributed by atoms with E-state index in [4.69, 9.17) is 18.0 Å². The first-order chi connectivity index (χ1) is 8.06. The lowest BCUT2D eigenvalue weighted by Crippen LogP contribution is -2.30. The van der Waals surface area contributed by atoms with E-state index in [9.17, 15) is 0 Å². The first-order valence-electron chi connectivity index (χ1n) is 5.40. The molecule has 0 bridgehead atoms. The zero-order valence-electron chi connectivity index (χ0n) is 10.4. The smallest absolute Gasteiger partial charge is 0.147 e. The summed E-state index contributed by atoms with van der Waals surface area (Å²) in [6, 6.07) is 0.437. The Morgan fingerprint density at radius 1 is 1.53 bits per heavy atom. The van der Waals surface area contributed by atoms with Crippen molar-refractivity contribution >= 4 is 34.8 Å². The minimum absolute atomic E-state index is 0.280. The van der Waals surface area contributed by atoms with Gasteiger partial charge in [-0.2, -0.15) is 11.8 Å². The van der Waals surface area contributed by atoms with Crippen LogP contribution in [-0.4, -0.2) is 40.1 Å². The molecule has 0 amide bonds. The first kappa shape index (κ1) is 14.2. The van der Waals surface area contributed by atoms with E-state index >= 15 is 0 Å². The summed E-state index contributed by atoms with van der Waals surface area (Å²) in [6.45, 7) is 2.18. The Bertz CT molecular complexity index is 366. The molecular weight excluding hydrogens is 252 g/mol. The molecule has 0 fully saturated rings. The average Bonchev–Trinajstić information content (AvgIpc) is 2.35. The number of aromatic nitrogens is 2. The molecule has 0 saturated carbocycles. The monoisotopic (exact) mass is 270 g/mol. The number of thiocarbonyl (C=S) groups is 1. The third kappa shape index (κ3) is 4.12. The van der Waals surface area contributed by atoms with Gasteiger partial charge in [-0.25, -0.2) is 9.97 Å². The summed E-state index contributed by atoms with van der Waals surface area (Å²) < 4.78 is 0. The fourth-order valence-electron chi connectivity index (χ4n) is 1.34. The molecule has 0 aromatic carbocycles. The first-order valence-corrected chi connectivity index (χ1v) is 7.20. The van der Waals surface area contributed by atoms with E-state index in [1.807, 2.05) is 18.8 Å². The van der Waals surface area contributed by atoms with Gasteiger partial charge in [0.15, 0.2) is 0 Å². The van der Waals surface area contributed by atoms with E-state index in [1.165, 1.54) is 0 Å². The van der Waals surface area contributed by atoms with Gasteiger partial charge in [0.25, 0.3) is 0 Å². The lowest BCUT2D eigenvalue weighted by molar-refractivity contribution is 0.661. The van der Waals surface area contributed by atoms with Crippen molar-refractivity contribution in [3.63, 3.8) is 0 Å². The van der Waals surface area contributed by atoms with Crippen LogP contribution >= 0.6 is 24.0 Å². The molecule has 1 rings (SSSR count). The van der Waals surface area contributed by atoms with Crippen molar-refractivity contribution in [2.75, 3.05) is 24.0 Å². The van der Waals surface area contributed by atoms with Crippen molar-refractivity contribution in [2.45, 2.75) is 19.4 Å². The summed E-state index contributed by atoms with van der Waals surface area (Å²) >= 11 is 6.69. The highest BCUT2D eigenvalue weighted by Gasteiger charge is 2.11. The Morgan fingerprint density at radius 2 is 2.24 bits per heavy atom. The minimum atomic E-state index is 0.280. The molecule has 0 aliphatic carbocycles. The lowest BCUT2D eigenvalue weighted by atomic mass is 10.2. The Hall–Kier alpha value is -0.880. The number of anilines is 1. The molecule has 1 atom stereocenters. The molecule has 2 N–H and O–H groups in total. The van der Waals surface area contributed by atoms with Gasteiger partial charge in [-0.15, -0.1) is 0 Å². The highest BCUT2D eigenvalue weighted by molar-refractivity contribution is 7.98. The van der Waals surface area contributed by atoms with Crippen LogP contribution in [0.5, 0.6) is 0 Å². The van der Waals surface area contributed by atoms with Crippen molar-refractivity contribution < 1.29 is 0 Å². The SMILES string of the molecule is CSCCC(C)N(C)c1cnc(C(N)=S)cn1. The van der Waals surface area contributed by atoms with Crippen LogP contribution < -0.4 is 10.6 Å². The zero-order chi connectivity index (χ0) is 12.8. The maximum atomic E-state index is 5.48. The van der Waals surface area contributed by atoms with E-state index in [0.29, 0.717) is 11.7 Å². The van der Waals surface area contributed by atoms with Crippen LogP contribution in [0.15, 0.2) is 12.4 Å². The molecule has 1 aromatic rings. The third-order valence-corrected chi connectivity index (χ3v) is 3.51. The number of nitrogens with two attached hydrogens (primary N) is 1. The second-order valence-corrected chi connectivity index (χ2v) is 5.29. The Morgan fingerprint density at radius 3 is 2.71 bits per heavy atom. The molecule has 0 spiro atoms. The standard InChI is InChI=1S/C11H18N4S2/c1-8(4-5-17-3)15(2)10-7-13-9(6-14-10)11(12)16/h6-8H,4-5H2,1-3H3,(H2,12,16). The molecule has 1 heterocycles. The lowest BCUT2D eigenvalue weighted by Gasteiger charge is -2.25. The summed E-state index contributed by atoms with van der Waals surface area (Å²) in [5.74, 6) is 1.99. The average molecular weight is 270 g/mol. The van der Waals surface area contributed by atoms with E-state index in [0.717, 1.165) is 18.0 Å². The van der Waals surface area contributed by atoms with E-state index in [2.05, 4.69) is 28.0 Å². The summed E-state index contributed by atoms with van der Waals surface area (Å²) in [4.78, 5) is 10.9. The maximum Gasteiger partial charge on any atom is 0.147 e. The van der Waals surface area contributed by atoms with Crippen LogP contribution in [0.4, 0.5) is 5.82 Å². The van der Waals surface area contributed by atoms with Crippen LogP contribution in [-0.2, 0) is 0 Å². The van der Waals surface area contributed by atoms with Gasteiger partial charge in [-0.05, 0) is 25.4 Å². The van der Waals surface area contributed by atoms with Gasteiger partial charge in [0.2, 0.25) is 0 Å². The number of rotatable bonds is 6. The topological polar surface area (TPSA) is 55.0 Å². The van der Waals surface area contributed by atoms with E-state index < -0.39 is 0 Å². The maximum absolute atomic E-state index is 5.48. The van der Waals surface area contributed by atoms with E-state index in [-0.39, 0.29) is 4.99 Å². The number of hydrogen-bond donors (Lipinski definition) is 1. The normalized spacial score (nSPS) is 12.2. The fraction of sp³-hybridized carbons (Fsp3) is 0.545. The van der Waals surface area contributed by atoms with Gasteiger partial charge >= 0.3 is 0 Å². The van der Waals surface area contributed by atoms with Crippen molar-refractivity contribution in [2.24, 2.45) is 5.73 Å². The van der Waals surface area contributed by atoms with Crippen molar-refractivity contribution in [3.8, 4) is 0 Å². The van der Waals surface area contributed by atoms with Crippen LogP contribution in [0.1, 0.15) is 19.0 Å². The Balaban J connectivity index is 2.68. The van der Waals surface area contributed by atoms with Crippen molar-refractivity contribution in [3.05, 3.63) is 18.1 Å². The van der Waals surface area contributed by atoms with Gasteiger partial charge in [0.05, 0.1) is 12.4 Å². The van der Waals surface area contributed by atoms with Crippen molar-refractivity contribution in [1.82, 2.24) is 9.97 Å². The minimum Gasteiger partial charge on any atom is -0.388 e. The Labute approximate surface area is 112 Å². The third-order valence-electron chi connectivity index (χ3n) is 2.65. The molecular formula is C11H18N4S2. The van der Waals surface area contributed by atoms with Crippen LogP contribution in [0.25, 0.3) is 0 Å². The summed E-state index contributed by atoms with van der Waals surface area (Å²) in [6.07, 6.45) is 6.57. The molecule has 0 aliphatic heterocycles. The molecule has 0 aliphatic rings. The largest absolute Gasteiger partial charge is 0.388 e. The van der Waals surface area contributed by atoms with Gasteiger partial charge in [0, 0.05) is 13.1 Å². The molecule has 0 saturated heterocycles. The van der Waals surface area contributed by atoms with E-state index in [1.54, 1.807) is 12.4 Å².